The summed E-state index contributed by atoms with van der Waals surface area (Å²) < 4.78 is 5.28. The molecule has 2 rings (SSSR count). The van der Waals surface area contributed by atoms with Crippen LogP contribution >= 0.6 is 0 Å². The molecule has 0 saturated carbocycles. The summed E-state index contributed by atoms with van der Waals surface area (Å²) in [7, 11) is 0. The Balaban J connectivity index is 2.01. The van der Waals surface area contributed by atoms with E-state index in [-0.39, 0.29) is 11.8 Å². The van der Waals surface area contributed by atoms with Crippen molar-refractivity contribution in [2.24, 2.45) is 0 Å². The molecule has 0 bridgehead atoms. The zero-order chi connectivity index (χ0) is 11.5. The Morgan fingerprint density at radius 1 is 1.56 bits per heavy atom. The molecule has 1 atom stereocenters. The van der Waals surface area contributed by atoms with Crippen LogP contribution in [0, 0.1) is 20.0 Å². The fourth-order valence-corrected chi connectivity index (χ4v) is 1.95. The number of ketones is 1. The highest BCUT2D eigenvalue weighted by molar-refractivity contribution is 5.86. The lowest BCUT2D eigenvalue weighted by atomic mass is 10.0. The van der Waals surface area contributed by atoms with Crippen LogP contribution in [0.4, 0.5) is 0 Å². The minimum absolute atomic E-state index is 0.151. The SMILES string of the molecule is Cc1[c][nH]c(C)c1CC(=O)C1COCCN1. The Hall–Kier alpha value is -1.13. The molecule has 1 aliphatic heterocycles. The van der Waals surface area contributed by atoms with Gasteiger partial charge in [-0.05, 0) is 25.0 Å². The molecular weight excluding hydrogens is 204 g/mol. The number of aryl methyl sites for hydroxylation is 2. The fraction of sp³-hybridized carbons (Fsp3) is 0.583. The van der Waals surface area contributed by atoms with Crippen LogP contribution in [0.25, 0.3) is 0 Å². The normalized spacial score (nSPS) is 21.0. The molecule has 1 radical (unpaired) electrons. The number of ether oxygens (including phenoxy) is 1. The molecule has 87 valence electrons. The minimum Gasteiger partial charge on any atom is -0.378 e. The van der Waals surface area contributed by atoms with Gasteiger partial charge in [-0.25, -0.2) is 0 Å². The lowest BCUT2D eigenvalue weighted by molar-refractivity contribution is -0.123. The smallest absolute Gasteiger partial charge is 0.156 e. The van der Waals surface area contributed by atoms with Crippen LogP contribution in [0.1, 0.15) is 16.8 Å². The van der Waals surface area contributed by atoms with Gasteiger partial charge < -0.3 is 15.0 Å². The highest BCUT2D eigenvalue weighted by atomic mass is 16.5. The van der Waals surface area contributed by atoms with Crippen LogP contribution in [0.5, 0.6) is 0 Å². The van der Waals surface area contributed by atoms with Crippen molar-refractivity contribution in [2.45, 2.75) is 26.3 Å². The van der Waals surface area contributed by atoms with Gasteiger partial charge in [-0.2, -0.15) is 0 Å². The van der Waals surface area contributed by atoms with Gasteiger partial charge in [-0.1, -0.05) is 0 Å². The van der Waals surface area contributed by atoms with E-state index in [2.05, 4.69) is 16.5 Å². The van der Waals surface area contributed by atoms with Crippen LogP contribution in [-0.4, -0.2) is 36.6 Å². The second kappa shape index (κ2) is 4.80. The molecule has 1 aliphatic rings. The predicted molar refractivity (Wildman–Crippen MR) is 60.4 cm³/mol. The average molecular weight is 221 g/mol. The quantitative estimate of drug-likeness (QED) is 0.783. The first kappa shape index (κ1) is 11.4. The number of hydrogen-bond donors (Lipinski definition) is 2. The second-order valence-corrected chi connectivity index (χ2v) is 4.20. The molecule has 0 aromatic carbocycles. The number of carbonyl (C=O) groups is 1. The summed E-state index contributed by atoms with van der Waals surface area (Å²) in [6, 6.07) is -0.151. The predicted octanol–water partition coefficient (Wildman–Crippen LogP) is 0.532. The number of H-pyrrole nitrogens is 1. The molecule has 2 N–H and O–H groups in total. The van der Waals surface area contributed by atoms with E-state index in [1.807, 2.05) is 13.8 Å². The minimum atomic E-state index is -0.151. The van der Waals surface area contributed by atoms with Gasteiger partial charge in [0.15, 0.2) is 5.78 Å². The maximum atomic E-state index is 12.0. The first-order valence-corrected chi connectivity index (χ1v) is 5.58. The summed E-state index contributed by atoms with van der Waals surface area (Å²) in [6.07, 6.45) is 3.47. The molecule has 0 amide bonds. The van der Waals surface area contributed by atoms with Gasteiger partial charge in [-0.3, -0.25) is 4.79 Å². The summed E-state index contributed by atoms with van der Waals surface area (Å²) in [5, 5.41) is 3.18. The molecule has 1 unspecified atom stereocenters. The van der Waals surface area contributed by atoms with Crippen molar-refractivity contribution in [3.05, 3.63) is 23.0 Å². The van der Waals surface area contributed by atoms with Crippen LogP contribution in [0.15, 0.2) is 0 Å². The van der Waals surface area contributed by atoms with E-state index >= 15 is 0 Å². The Morgan fingerprint density at radius 3 is 2.94 bits per heavy atom. The molecule has 4 heteroatoms. The fourth-order valence-electron chi connectivity index (χ4n) is 1.95. The molecule has 0 aliphatic carbocycles. The summed E-state index contributed by atoms with van der Waals surface area (Å²) in [6.45, 7) is 5.88. The third-order valence-corrected chi connectivity index (χ3v) is 3.00. The maximum Gasteiger partial charge on any atom is 0.156 e. The van der Waals surface area contributed by atoms with Gasteiger partial charge in [0.25, 0.3) is 0 Å². The monoisotopic (exact) mass is 221 g/mol. The molecule has 1 aromatic heterocycles. The number of Topliss-reactive ketones (excluding diaryl/α,β-unsaturated/α-hetero) is 1. The van der Waals surface area contributed by atoms with E-state index in [9.17, 15) is 4.79 Å². The zero-order valence-electron chi connectivity index (χ0n) is 9.72. The topological polar surface area (TPSA) is 54.1 Å². The average Bonchev–Trinajstić information content (AvgIpc) is 2.62. The Labute approximate surface area is 95.4 Å². The van der Waals surface area contributed by atoms with Gasteiger partial charge in [0.05, 0.1) is 25.5 Å². The van der Waals surface area contributed by atoms with Crippen LogP contribution in [0.3, 0.4) is 0 Å². The lowest BCUT2D eigenvalue weighted by Crippen LogP contribution is -2.47. The van der Waals surface area contributed by atoms with E-state index in [1.165, 1.54) is 0 Å². The summed E-state index contributed by atoms with van der Waals surface area (Å²) >= 11 is 0. The van der Waals surface area contributed by atoms with E-state index in [4.69, 9.17) is 4.74 Å². The summed E-state index contributed by atoms with van der Waals surface area (Å²) in [4.78, 5) is 15.0. The molecule has 4 nitrogen and oxygen atoms in total. The van der Waals surface area contributed by atoms with Crippen molar-refractivity contribution in [3.63, 3.8) is 0 Å². The van der Waals surface area contributed by atoms with E-state index in [0.29, 0.717) is 19.6 Å². The van der Waals surface area contributed by atoms with Crippen LogP contribution < -0.4 is 5.32 Å². The lowest BCUT2D eigenvalue weighted by Gasteiger charge is -2.22. The van der Waals surface area contributed by atoms with Crippen LogP contribution in [0.2, 0.25) is 0 Å². The number of aromatic amines is 1. The summed E-state index contributed by atoms with van der Waals surface area (Å²) in [5.74, 6) is 0.193. The highest BCUT2D eigenvalue weighted by Gasteiger charge is 2.22. The Morgan fingerprint density at radius 2 is 2.38 bits per heavy atom. The number of carbonyl (C=O) groups excluding carboxylic acids is 1. The largest absolute Gasteiger partial charge is 0.378 e. The van der Waals surface area contributed by atoms with Gasteiger partial charge in [0.1, 0.15) is 0 Å². The van der Waals surface area contributed by atoms with Crippen LogP contribution in [-0.2, 0) is 16.0 Å². The Kier molecular flexibility index (Phi) is 3.41. The first-order valence-electron chi connectivity index (χ1n) is 5.58. The van der Waals surface area contributed by atoms with Gasteiger partial charge in [0, 0.05) is 18.7 Å². The highest BCUT2D eigenvalue weighted by Crippen LogP contribution is 2.13. The third-order valence-electron chi connectivity index (χ3n) is 3.00. The standard InChI is InChI=1S/C12H17N2O2/c1-8-6-14-9(2)10(8)5-12(15)11-7-16-4-3-13-11/h11,13-14H,3-5,7H2,1-2H3. The van der Waals surface area contributed by atoms with Crippen molar-refractivity contribution < 1.29 is 9.53 Å². The molecule has 16 heavy (non-hydrogen) atoms. The molecule has 0 spiro atoms. The van der Waals surface area contributed by atoms with Crippen molar-refractivity contribution in [2.75, 3.05) is 19.8 Å². The first-order chi connectivity index (χ1) is 7.68. The molecule has 2 heterocycles. The van der Waals surface area contributed by atoms with Crippen molar-refractivity contribution in [1.29, 1.82) is 0 Å². The van der Waals surface area contributed by atoms with Gasteiger partial charge >= 0.3 is 0 Å². The number of hydrogen-bond acceptors (Lipinski definition) is 3. The zero-order valence-corrected chi connectivity index (χ0v) is 9.72. The number of morpholine rings is 1. The number of nitrogens with one attached hydrogen (secondary N) is 2. The van der Waals surface area contributed by atoms with Crippen molar-refractivity contribution >= 4 is 5.78 Å². The van der Waals surface area contributed by atoms with E-state index < -0.39 is 0 Å². The maximum absolute atomic E-state index is 12.0. The van der Waals surface area contributed by atoms with Crippen molar-refractivity contribution in [1.82, 2.24) is 10.3 Å². The van der Waals surface area contributed by atoms with Gasteiger partial charge in [0.2, 0.25) is 0 Å². The van der Waals surface area contributed by atoms with Crippen molar-refractivity contribution in [3.8, 4) is 0 Å². The molecule has 1 aromatic rings. The van der Waals surface area contributed by atoms with Gasteiger partial charge in [-0.15, -0.1) is 0 Å². The summed E-state index contributed by atoms with van der Waals surface area (Å²) in [5.41, 5.74) is 3.13. The second-order valence-electron chi connectivity index (χ2n) is 4.20. The van der Waals surface area contributed by atoms with E-state index in [1.54, 1.807) is 0 Å². The molecule has 1 saturated heterocycles. The molecule has 1 fully saturated rings. The number of rotatable bonds is 3. The Bertz CT molecular complexity index is 359. The number of aromatic nitrogens is 1. The molecular formula is C12H17N2O2. The van der Waals surface area contributed by atoms with E-state index in [0.717, 1.165) is 23.4 Å². The third kappa shape index (κ3) is 2.33.